The van der Waals surface area contributed by atoms with Crippen LogP contribution in [-0.2, 0) is 20.2 Å². The Bertz CT molecular complexity index is 1440. The molecule has 0 heterocycles. The number of sulfonamides is 1. The molecule has 0 aromatic heterocycles. The zero-order chi connectivity index (χ0) is 26.0. The number of carbonyl (C=O) groups is 1. The molecule has 9 nitrogen and oxygen atoms in total. The summed E-state index contributed by atoms with van der Waals surface area (Å²) in [5.41, 5.74) is 1.19. The van der Waals surface area contributed by atoms with Crippen molar-refractivity contribution < 1.29 is 21.6 Å². The molecule has 0 spiro atoms. The van der Waals surface area contributed by atoms with Crippen LogP contribution in [0.4, 0.5) is 17.1 Å². The lowest BCUT2D eigenvalue weighted by Crippen LogP contribution is -2.37. The van der Waals surface area contributed by atoms with E-state index in [1.54, 1.807) is 6.07 Å². The lowest BCUT2D eigenvalue weighted by molar-refractivity contribution is 0.102. The highest BCUT2D eigenvalue weighted by atomic mass is 35.5. The first-order valence-electron chi connectivity index (χ1n) is 9.97. The number of rotatable bonds is 8. The van der Waals surface area contributed by atoms with E-state index in [1.165, 1.54) is 81.8 Å². The van der Waals surface area contributed by atoms with Crippen molar-refractivity contribution in [2.75, 3.05) is 35.5 Å². The molecule has 2 N–H and O–H groups in total. The summed E-state index contributed by atoms with van der Waals surface area (Å²) < 4.78 is 54.4. The number of carbonyl (C=O) groups excluding carboxylic acids is 1. The number of nitrogens with one attached hydrogen (secondary N) is 2. The molecular weight excluding hydrogens is 535 g/mol. The fraction of sp³-hybridized carbons (Fsp3) is 0.136. The van der Waals surface area contributed by atoms with Gasteiger partial charge >= 0.3 is 10.2 Å². The van der Waals surface area contributed by atoms with Gasteiger partial charge in [0.25, 0.3) is 15.9 Å². The molecule has 0 radical (unpaired) electrons. The van der Waals surface area contributed by atoms with Crippen molar-refractivity contribution in [1.82, 2.24) is 4.31 Å². The average Bonchev–Trinajstić information content (AvgIpc) is 2.81. The van der Waals surface area contributed by atoms with E-state index < -0.39 is 26.1 Å². The topological polar surface area (TPSA) is 116 Å². The molecule has 0 aliphatic heterocycles. The Morgan fingerprint density at radius 3 is 2.00 bits per heavy atom. The molecule has 13 heteroatoms. The molecule has 0 bridgehead atoms. The maximum atomic E-state index is 12.7. The van der Waals surface area contributed by atoms with Gasteiger partial charge < -0.3 is 5.32 Å². The number of hydrogen-bond acceptors (Lipinski definition) is 5. The molecule has 0 atom stereocenters. The normalized spacial score (nSPS) is 11.8. The monoisotopic (exact) mass is 556 g/mol. The number of amides is 1. The summed E-state index contributed by atoms with van der Waals surface area (Å²) in [6.07, 6.45) is 0. The Morgan fingerprint density at radius 1 is 0.829 bits per heavy atom. The van der Waals surface area contributed by atoms with E-state index in [-0.39, 0.29) is 20.6 Å². The van der Waals surface area contributed by atoms with E-state index in [9.17, 15) is 21.6 Å². The molecule has 0 aliphatic carbocycles. The van der Waals surface area contributed by atoms with Crippen LogP contribution in [0.25, 0.3) is 0 Å². The van der Waals surface area contributed by atoms with Crippen LogP contribution in [-0.4, -0.2) is 48.2 Å². The summed E-state index contributed by atoms with van der Waals surface area (Å²) in [7, 11) is -3.34. The molecule has 35 heavy (non-hydrogen) atoms. The summed E-state index contributed by atoms with van der Waals surface area (Å²) in [6.45, 7) is 0. The van der Waals surface area contributed by atoms with Gasteiger partial charge in [0.1, 0.15) is 0 Å². The smallest absolute Gasteiger partial charge is 0.303 e. The van der Waals surface area contributed by atoms with E-state index in [1.807, 2.05) is 0 Å². The van der Waals surface area contributed by atoms with Crippen LogP contribution < -0.4 is 14.3 Å². The number of nitrogens with zero attached hydrogens (tertiary/aromatic N) is 2. The van der Waals surface area contributed by atoms with E-state index in [4.69, 9.17) is 23.2 Å². The van der Waals surface area contributed by atoms with Crippen LogP contribution in [0.15, 0.2) is 71.6 Å². The maximum absolute atomic E-state index is 12.7. The first-order chi connectivity index (χ1) is 16.3. The van der Waals surface area contributed by atoms with Crippen molar-refractivity contribution in [2.45, 2.75) is 4.90 Å². The fourth-order valence-corrected chi connectivity index (χ4v) is 5.26. The zero-order valence-electron chi connectivity index (χ0n) is 18.9. The van der Waals surface area contributed by atoms with Gasteiger partial charge in [-0.05, 0) is 60.7 Å². The van der Waals surface area contributed by atoms with Crippen LogP contribution >= 0.6 is 23.2 Å². The first-order valence-corrected chi connectivity index (χ1v) is 13.6. The second kappa shape index (κ2) is 10.4. The molecule has 0 fully saturated rings. The third-order valence-corrected chi connectivity index (χ3v) is 8.95. The van der Waals surface area contributed by atoms with Crippen molar-refractivity contribution in [3.8, 4) is 0 Å². The molecule has 186 valence electrons. The number of hydrogen-bond donors (Lipinski definition) is 2. The lowest BCUT2D eigenvalue weighted by Gasteiger charge is -2.23. The largest absolute Gasteiger partial charge is 0.322 e. The Labute approximate surface area is 214 Å². The lowest BCUT2D eigenvalue weighted by atomic mass is 10.2. The van der Waals surface area contributed by atoms with Gasteiger partial charge in [0, 0.05) is 32.4 Å². The number of benzene rings is 3. The summed E-state index contributed by atoms with van der Waals surface area (Å²) in [6, 6.07) is 16.1. The van der Waals surface area contributed by atoms with Gasteiger partial charge in [-0.25, -0.2) is 8.42 Å². The van der Waals surface area contributed by atoms with Gasteiger partial charge in [0.15, 0.2) is 0 Å². The molecule has 3 aromatic carbocycles. The minimum atomic E-state index is -3.94. The minimum Gasteiger partial charge on any atom is -0.322 e. The Morgan fingerprint density at radius 2 is 1.43 bits per heavy atom. The quantitative estimate of drug-likeness (QED) is 0.429. The molecule has 0 aliphatic rings. The van der Waals surface area contributed by atoms with Gasteiger partial charge in [-0.3, -0.25) is 13.8 Å². The van der Waals surface area contributed by atoms with Crippen molar-refractivity contribution in [3.05, 3.63) is 82.3 Å². The van der Waals surface area contributed by atoms with Gasteiger partial charge in [-0.1, -0.05) is 29.3 Å². The maximum Gasteiger partial charge on any atom is 0.303 e. The first kappa shape index (κ1) is 26.8. The number of anilines is 3. The Kier molecular flexibility index (Phi) is 7.97. The molecular formula is C22H22Cl2N4O5S2. The Hall–Kier alpha value is -2.83. The van der Waals surface area contributed by atoms with Crippen LogP contribution in [0, 0.1) is 0 Å². The minimum absolute atomic E-state index is 0.0407. The predicted molar refractivity (Wildman–Crippen MR) is 139 cm³/mol. The zero-order valence-corrected chi connectivity index (χ0v) is 22.0. The van der Waals surface area contributed by atoms with Crippen molar-refractivity contribution in [2.24, 2.45) is 0 Å². The van der Waals surface area contributed by atoms with Crippen LogP contribution in [0.5, 0.6) is 0 Å². The van der Waals surface area contributed by atoms with Gasteiger partial charge in [0.05, 0.1) is 26.3 Å². The second-order valence-corrected chi connectivity index (χ2v) is 12.1. The van der Waals surface area contributed by atoms with Crippen LogP contribution in [0.2, 0.25) is 10.0 Å². The number of halogens is 2. The standard InChI is InChI=1S/C22H22Cl2N4O5S2/c1-27(2)35(32,33)28(3)17-11-7-15(8-12-17)22(29)25-16-9-13-18(14-10-16)34(30,31)26-20-6-4-5-19(23)21(20)24/h4-14,26H,1-3H3,(H,25,29). The molecule has 0 unspecified atom stereocenters. The van der Waals surface area contributed by atoms with E-state index in [0.29, 0.717) is 16.9 Å². The summed E-state index contributed by atoms with van der Waals surface area (Å²) in [5.74, 6) is -0.450. The van der Waals surface area contributed by atoms with Crippen LogP contribution in [0.3, 0.4) is 0 Å². The molecule has 1 amide bonds. The summed E-state index contributed by atoms with van der Waals surface area (Å²) in [5, 5.41) is 2.96. The van der Waals surface area contributed by atoms with Gasteiger partial charge in [-0.15, -0.1) is 0 Å². The average molecular weight is 557 g/mol. The second-order valence-electron chi connectivity index (χ2n) is 7.49. The molecule has 3 rings (SSSR count). The summed E-state index contributed by atoms with van der Waals surface area (Å²) >= 11 is 12.0. The highest BCUT2D eigenvalue weighted by Crippen LogP contribution is 2.31. The SMILES string of the molecule is CN(C)S(=O)(=O)N(C)c1ccc(C(=O)Nc2ccc(S(=O)(=O)Nc3cccc(Cl)c3Cl)cc2)cc1. The van der Waals surface area contributed by atoms with E-state index in [2.05, 4.69) is 10.0 Å². The van der Waals surface area contributed by atoms with Crippen molar-refractivity contribution >= 4 is 66.4 Å². The van der Waals surface area contributed by atoms with Gasteiger partial charge in [0.2, 0.25) is 0 Å². The fourth-order valence-electron chi connectivity index (χ4n) is 2.91. The van der Waals surface area contributed by atoms with E-state index >= 15 is 0 Å². The molecule has 3 aromatic rings. The van der Waals surface area contributed by atoms with Crippen molar-refractivity contribution in [1.29, 1.82) is 0 Å². The van der Waals surface area contributed by atoms with E-state index in [0.717, 1.165) is 8.61 Å². The van der Waals surface area contributed by atoms with Gasteiger partial charge in [-0.2, -0.15) is 12.7 Å². The third kappa shape index (κ3) is 6.06. The molecule has 0 saturated heterocycles. The predicted octanol–water partition coefficient (Wildman–Crippen LogP) is 4.29. The summed E-state index contributed by atoms with van der Waals surface area (Å²) in [4.78, 5) is 12.5. The third-order valence-electron chi connectivity index (χ3n) is 4.92. The van der Waals surface area contributed by atoms with Crippen molar-refractivity contribution in [3.63, 3.8) is 0 Å². The highest BCUT2D eigenvalue weighted by molar-refractivity contribution is 7.92. The molecule has 0 saturated carbocycles. The highest BCUT2D eigenvalue weighted by Gasteiger charge is 2.21. The van der Waals surface area contributed by atoms with Crippen LogP contribution in [0.1, 0.15) is 10.4 Å². The Balaban J connectivity index is 1.70.